The van der Waals surface area contributed by atoms with E-state index < -0.39 is 0 Å². The molecular formula is C13H16N4O. The van der Waals surface area contributed by atoms with Crippen LogP contribution in [-0.4, -0.2) is 26.6 Å². The summed E-state index contributed by atoms with van der Waals surface area (Å²) in [7, 11) is 0. The van der Waals surface area contributed by atoms with Crippen LogP contribution in [0.2, 0.25) is 0 Å². The van der Waals surface area contributed by atoms with Gasteiger partial charge in [-0.2, -0.15) is 4.98 Å². The molecule has 0 aromatic carbocycles. The first-order valence-corrected chi connectivity index (χ1v) is 6.27. The van der Waals surface area contributed by atoms with Crippen LogP contribution in [0.1, 0.15) is 36.3 Å². The van der Waals surface area contributed by atoms with Gasteiger partial charge in [-0.1, -0.05) is 11.2 Å². The van der Waals surface area contributed by atoms with Crippen LogP contribution >= 0.6 is 0 Å². The van der Waals surface area contributed by atoms with Crippen LogP contribution in [0.5, 0.6) is 0 Å². The Morgan fingerprint density at radius 2 is 2.39 bits per heavy atom. The predicted octanol–water partition coefficient (Wildman–Crippen LogP) is 2.11. The Bertz CT molecular complexity index is 511. The van der Waals surface area contributed by atoms with Gasteiger partial charge in [0.2, 0.25) is 5.89 Å². The summed E-state index contributed by atoms with van der Waals surface area (Å²) in [6.07, 6.45) is 4.07. The van der Waals surface area contributed by atoms with E-state index in [1.807, 2.05) is 25.3 Å². The van der Waals surface area contributed by atoms with Gasteiger partial charge in [0.25, 0.3) is 0 Å². The van der Waals surface area contributed by atoms with Crippen molar-refractivity contribution in [1.29, 1.82) is 0 Å². The number of nitrogens with zero attached hydrogens (tertiary/aromatic N) is 4. The predicted molar refractivity (Wildman–Crippen MR) is 65.7 cm³/mol. The second-order valence-electron chi connectivity index (χ2n) is 4.63. The van der Waals surface area contributed by atoms with Crippen LogP contribution in [0.25, 0.3) is 0 Å². The Kier molecular flexibility index (Phi) is 3.06. The minimum atomic E-state index is 0.244. The molecule has 3 heterocycles. The Labute approximate surface area is 106 Å². The molecule has 2 aromatic heterocycles. The number of hydrogen-bond acceptors (Lipinski definition) is 5. The molecule has 0 bridgehead atoms. The maximum Gasteiger partial charge on any atom is 0.243 e. The SMILES string of the molecule is Cc1noc([C@H]2CCCN2Cc2ccccn2)n1. The lowest BCUT2D eigenvalue weighted by Gasteiger charge is -2.20. The van der Waals surface area contributed by atoms with Crippen LogP contribution < -0.4 is 0 Å². The summed E-state index contributed by atoms with van der Waals surface area (Å²) in [5.41, 5.74) is 1.08. The van der Waals surface area contributed by atoms with Gasteiger partial charge in [0.1, 0.15) is 0 Å². The number of aromatic nitrogens is 3. The van der Waals surface area contributed by atoms with Crippen molar-refractivity contribution in [1.82, 2.24) is 20.0 Å². The second kappa shape index (κ2) is 4.86. The van der Waals surface area contributed by atoms with Gasteiger partial charge in [0.15, 0.2) is 5.82 Å². The van der Waals surface area contributed by atoms with Crippen molar-refractivity contribution in [3.8, 4) is 0 Å². The van der Waals surface area contributed by atoms with E-state index >= 15 is 0 Å². The third kappa shape index (κ3) is 2.26. The van der Waals surface area contributed by atoms with Gasteiger partial charge in [-0.05, 0) is 38.4 Å². The molecule has 5 nitrogen and oxygen atoms in total. The highest BCUT2D eigenvalue weighted by molar-refractivity contribution is 5.05. The van der Waals surface area contributed by atoms with Gasteiger partial charge in [0.05, 0.1) is 11.7 Å². The molecule has 0 radical (unpaired) electrons. The van der Waals surface area contributed by atoms with Crippen molar-refractivity contribution in [2.24, 2.45) is 0 Å². The van der Waals surface area contributed by atoms with Crippen LogP contribution in [0.15, 0.2) is 28.9 Å². The van der Waals surface area contributed by atoms with Crippen molar-refractivity contribution in [2.75, 3.05) is 6.54 Å². The summed E-state index contributed by atoms with van der Waals surface area (Å²) in [5.74, 6) is 1.44. The molecule has 5 heteroatoms. The summed E-state index contributed by atoms with van der Waals surface area (Å²) in [6.45, 7) is 3.75. The number of rotatable bonds is 3. The topological polar surface area (TPSA) is 55.1 Å². The molecule has 0 N–H and O–H groups in total. The molecule has 3 rings (SSSR count). The highest BCUT2D eigenvalue weighted by Gasteiger charge is 2.30. The van der Waals surface area contributed by atoms with Gasteiger partial charge >= 0.3 is 0 Å². The Balaban J connectivity index is 1.75. The molecule has 0 aliphatic carbocycles. The average Bonchev–Trinajstić information content (AvgIpc) is 2.99. The Hall–Kier alpha value is -1.75. The minimum absolute atomic E-state index is 0.244. The van der Waals surface area contributed by atoms with E-state index in [4.69, 9.17) is 4.52 Å². The quantitative estimate of drug-likeness (QED) is 0.827. The molecule has 94 valence electrons. The summed E-state index contributed by atoms with van der Waals surface area (Å²) in [4.78, 5) is 11.1. The lowest BCUT2D eigenvalue weighted by molar-refractivity contribution is 0.199. The molecule has 0 saturated carbocycles. The maximum atomic E-state index is 5.29. The molecule has 1 aliphatic heterocycles. The minimum Gasteiger partial charge on any atom is -0.338 e. The molecule has 1 saturated heterocycles. The smallest absolute Gasteiger partial charge is 0.243 e. The van der Waals surface area contributed by atoms with E-state index in [0.29, 0.717) is 5.82 Å². The van der Waals surface area contributed by atoms with E-state index in [2.05, 4.69) is 26.1 Å². The lowest BCUT2D eigenvalue weighted by Crippen LogP contribution is -2.23. The van der Waals surface area contributed by atoms with E-state index in [-0.39, 0.29) is 6.04 Å². The highest BCUT2D eigenvalue weighted by Crippen LogP contribution is 2.31. The molecule has 1 fully saturated rings. The van der Waals surface area contributed by atoms with Crippen LogP contribution in [0, 0.1) is 6.92 Å². The monoisotopic (exact) mass is 244 g/mol. The van der Waals surface area contributed by atoms with Gasteiger partial charge in [0, 0.05) is 12.7 Å². The van der Waals surface area contributed by atoms with Gasteiger partial charge in [-0.15, -0.1) is 0 Å². The second-order valence-corrected chi connectivity index (χ2v) is 4.63. The standard InChI is InChI=1S/C13H16N4O/c1-10-15-13(18-16-10)12-6-4-8-17(12)9-11-5-2-3-7-14-11/h2-3,5,7,12H,4,6,8-9H2,1H3/t12-/m1/s1. The summed E-state index contributed by atoms with van der Waals surface area (Å²) >= 11 is 0. The van der Waals surface area contributed by atoms with Crippen LogP contribution in [-0.2, 0) is 6.54 Å². The van der Waals surface area contributed by atoms with Gasteiger partial charge in [-0.3, -0.25) is 9.88 Å². The van der Waals surface area contributed by atoms with Crippen LogP contribution in [0.3, 0.4) is 0 Å². The van der Waals surface area contributed by atoms with E-state index in [9.17, 15) is 0 Å². The van der Waals surface area contributed by atoms with Crippen molar-refractivity contribution >= 4 is 0 Å². The fourth-order valence-corrected chi connectivity index (χ4v) is 2.44. The zero-order valence-electron chi connectivity index (χ0n) is 10.4. The van der Waals surface area contributed by atoms with Crippen molar-refractivity contribution in [3.05, 3.63) is 41.8 Å². The zero-order chi connectivity index (χ0) is 12.4. The summed E-state index contributed by atoms with van der Waals surface area (Å²) in [6, 6.07) is 6.25. The van der Waals surface area contributed by atoms with Crippen LogP contribution in [0.4, 0.5) is 0 Å². The molecule has 0 spiro atoms. The van der Waals surface area contributed by atoms with Gasteiger partial charge in [-0.25, -0.2) is 0 Å². The number of aryl methyl sites for hydroxylation is 1. The fraction of sp³-hybridized carbons (Fsp3) is 0.462. The van der Waals surface area contributed by atoms with E-state index in [1.54, 1.807) is 0 Å². The molecule has 18 heavy (non-hydrogen) atoms. The van der Waals surface area contributed by atoms with Gasteiger partial charge < -0.3 is 4.52 Å². The highest BCUT2D eigenvalue weighted by atomic mass is 16.5. The van der Waals surface area contributed by atoms with E-state index in [0.717, 1.165) is 31.1 Å². The first kappa shape index (κ1) is 11.3. The number of pyridine rings is 1. The molecular weight excluding hydrogens is 228 g/mol. The Morgan fingerprint density at radius 3 is 3.11 bits per heavy atom. The lowest BCUT2D eigenvalue weighted by atomic mass is 10.2. The molecule has 1 aliphatic rings. The van der Waals surface area contributed by atoms with E-state index in [1.165, 1.54) is 6.42 Å². The fourth-order valence-electron chi connectivity index (χ4n) is 2.44. The van der Waals surface area contributed by atoms with Crippen molar-refractivity contribution < 1.29 is 4.52 Å². The third-order valence-electron chi connectivity index (χ3n) is 3.28. The first-order chi connectivity index (χ1) is 8.83. The molecule has 0 amide bonds. The maximum absolute atomic E-state index is 5.29. The zero-order valence-corrected chi connectivity index (χ0v) is 10.4. The Morgan fingerprint density at radius 1 is 1.44 bits per heavy atom. The number of likely N-dealkylation sites (tertiary alicyclic amines) is 1. The first-order valence-electron chi connectivity index (χ1n) is 6.27. The normalized spacial score (nSPS) is 20.4. The molecule has 1 atom stereocenters. The van der Waals surface area contributed by atoms with Crippen molar-refractivity contribution in [2.45, 2.75) is 32.4 Å². The largest absolute Gasteiger partial charge is 0.338 e. The summed E-state index contributed by atoms with van der Waals surface area (Å²) in [5, 5.41) is 3.87. The number of hydrogen-bond donors (Lipinski definition) is 0. The average molecular weight is 244 g/mol. The third-order valence-corrected chi connectivity index (χ3v) is 3.28. The molecule has 0 unspecified atom stereocenters. The summed E-state index contributed by atoms with van der Waals surface area (Å²) < 4.78 is 5.29. The molecule has 2 aromatic rings. The van der Waals surface area contributed by atoms with Crippen molar-refractivity contribution in [3.63, 3.8) is 0 Å².